The third-order valence-electron chi connectivity index (χ3n) is 4.42. The van der Waals surface area contributed by atoms with Crippen LogP contribution in [0.2, 0.25) is 0 Å². The van der Waals surface area contributed by atoms with Crippen LogP contribution in [0.3, 0.4) is 0 Å². The first kappa shape index (κ1) is 16.8. The molecule has 0 radical (unpaired) electrons. The second kappa shape index (κ2) is 6.43. The molecule has 1 saturated carbocycles. The Morgan fingerprint density at radius 3 is 2.17 bits per heavy atom. The number of hydrogen-bond donors (Lipinski definition) is 1. The molecule has 1 N–H and O–H groups in total. The predicted molar refractivity (Wildman–Crippen MR) is 80.3 cm³/mol. The molecule has 1 saturated heterocycles. The molecule has 1 heterocycles. The molecule has 0 bridgehead atoms. The van der Waals surface area contributed by atoms with Gasteiger partial charge in [-0.15, -0.1) is 0 Å². The highest BCUT2D eigenvalue weighted by molar-refractivity contribution is 7.89. The minimum absolute atomic E-state index is 0.248. The monoisotopic (exact) mass is 346 g/mol. The predicted octanol–water partition coefficient (Wildman–Crippen LogP) is 1.04. The summed E-state index contributed by atoms with van der Waals surface area (Å²) in [6.45, 7) is 2.05. The Morgan fingerprint density at radius 1 is 1.09 bits per heavy atom. The Hall–Kier alpha value is -1.09. The van der Waals surface area contributed by atoms with Crippen molar-refractivity contribution in [3.8, 4) is 0 Å². The molecule has 0 amide bonds. The van der Waals surface area contributed by atoms with Crippen LogP contribution in [-0.2, 0) is 10.0 Å². The molecule has 2 fully saturated rings. The Balaban J connectivity index is 1.63. The Morgan fingerprint density at radius 2 is 1.65 bits per heavy atom. The molecular weight excluding hydrogens is 326 g/mol. The summed E-state index contributed by atoms with van der Waals surface area (Å²) >= 11 is 0. The lowest BCUT2D eigenvalue weighted by Crippen LogP contribution is -2.50. The van der Waals surface area contributed by atoms with Crippen LogP contribution in [0.25, 0.3) is 0 Å². The second-order valence-electron chi connectivity index (χ2n) is 6.21. The lowest BCUT2D eigenvalue weighted by molar-refractivity contribution is 0.0782. The fourth-order valence-electron chi connectivity index (χ4n) is 2.87. The fourth-order valence-corrected chi connectivity index (χ4v) is 4.34. The van der Waals surface area contributed by atoms with E-state index in [1.807, 2.05) is 4.90 Å². The first-order valence-corrected chi connectivity index (χ1v) is 9.17. The molecule has 1 aliphatic carbocycles. The van der Waals surface area contributed by atoms with Gasteiger partial charge in [0.05, 0.1) is 11.0 Å². The number of aliphatic hydroxyl groups is 1. The van der Waals surface area contributed by atoms with E-state index in [-0.39, 0.29) is 24.1 Å². The normalized spacial score (nSPS) is 22.2. The summed E-state index contributed by atoms with van der Waals surface area (Å²) in [6, 6.07) is 2.32. The quantitative estimate of drug-likeness (QED) is 0.866. The number of rotatable bonds is 5. The van der Waals surface area contributed by atoms with Gasteiger partial charge in [0.1, 0.15) is 11.6 Å². The Kier molecular flexibility index (Phi) is 4.68. The maximum atomic E-state index is 13.3. The van der Waals surface area contributed by atoms with Crippen molar-refractivity contribution >= 4 is 10.0 Å². The molecule has 3 rings (SSSR count). The highest BCUT2D eigenvalue weighted by atomic mass is 32.2. The largest absolute Gasteiger partial charge is 0.392 e. The molecule has 1 aromatic rings. The maximum absolute atomic E-state index is 13.3. The summed E-state index contributed by atoms with van der Waals surface area (Å²) in [4.78, 5) is 1.67. The van der Waals surface area contributed by atoms with Crippen molar-refractivity contribution in [2.24, 2.45) is 5.92 Å². The summed E-state index contributed by atoms with van der Waals surface area (Å²) in [5.41, 5.74) is 0. The molecule has 1 aliphatic heterocycles. The zero-order chi connectivity index (χ0) is 16.6. The van der Waals surface area contributed by atoms with E-state index in [1.165, 1.54) is 4.31 Å². The smallest absolute Gasteiger partial charge is 0.243 e. The van der Waals surface area contributed by atoms with Crippen LogP contribution in [0, 0.1) is 17.6 Å². The van der Waals surface area contributed by atoms with Gasteiger partial charge in [-0.3, -0.25) is 4.90 Å². The maximum Gasteiger partial charge on any atom is 0.243 e. The van der Waals surface area contributed by atoms with Crippen LogP contribution in [0.4, 0.5) is 8.78 Å². The van der Waals surface area contributed by atoms with E-state index < -0.39 is 21.7 Å². The van der Waals surface area contributed by atoms with Gasteiger partial charge in [0.2, 0.25) is 10.0 Å². The summed E-state index contributed by atoms with van der Waals surface area (Å²) in [5.74, 6) is -1.43. The molecule has 8 heteroatoms. The van der Waals surface area contributed by atoms with Crippen LogP contribution in [0.1, 0.15) is 12.8 Å². The number of hydrogen-bond acceptors (Lipinski definition) is 4. The number of piperazine rings is 1. The standard InChI is InChI=1S/C15H20F2N2O3S/c16-12-7-13(17)9-14(8-12)23(21,22)19-5-3-18(4-6-19)10-15(20)11-1-2-11/h7-9,11,15,20H,1-6,10H2/t15-/m0/s1. The molecule has 23 heavy (non-hydrogen) atoms. The van der Waals surface area contributed by atoms with Gasteiger partial charge in [0.25, 0.3) is 0 Å². The zero-order valence-corrected chi connectivity index (χ0v) is 13.5. The van der Waals surface area contributed by atoms with E-state index >= 15 is 0 Å². The number of aliphatic hydroxyl groups excluding tert-OH is 1. The Bertz CT molecular complexity index is 651. The zero-order valence-electron chi connectivity index (χ0n) is 12.7. The van der Waals surface area contributed by atoms with Crippen molar-refractivity contribution in [3.63, 3.8) is 0 Å². The van der Waals surface area contributed by atoms with Crippen molar-refractivity contribution in [3.05, 3.63) is 29.8 Å². The van der Waals surface area contributed by atoms with Crippen LogP contribution in [0.5, 0.6) is 0 Å². The molecule has 128 valence electrons. The summed E-state index contributed by atoms with van der Waals surface area (Å²) in [7, 11) is -3.90. The van der Waals surface area contributed by atoms with E-state index in [0.717, 1.165) is 25.0 Å². The molecule has 1 aromatic carbocycles. The van der Waals surface area contributed by atoms with E-state index in [4.69, 9.17) is 0 Å². The van der Waals surface area contributed by atoms with Gasteiger partial charge < -0.3 is 5.11 Å². The first-order valence-electron chi connectivity index (χ1n) is 7.73. The summed E-state index contributed by atoms with van der Waals surface area (Å²) in [5, 5.41) is 9.95. The molecule has 5 nitrogen and oxygen atoms in total. The molecule has 1 atom stereocenters. The second-order valence-corrected chi connectivity index (χ2v) is 8.15. The van der Waals surface area contributed by atoms with Crippen molar-refractivity contribution in [2.45, 2.75) is 23.8 Å². The fraction of sp³-hybridized carbons (Fsp3) is 0.600. The van der Waals surface area contributed by atoms with Gasteiger partial charge in [-0.2, -0.15) is 4.31 Å². The van der Waals surface area contributed by atoms with Gasteiger partial charge in [-0.05, 0) is 30.9 Å². The topological polar surface area (TPSA) is 60.9 Å². The number of nitrogens with zero attached hydrogens (tertiary/aromatic N) is 2. The summed E-state index contributed by atoms with van der Waals surface area (Å²) < 4.78 is 52.7. The highest BCUT2D eigenvalue weighted by Gasteiger charge is 2.33. The van der Waals surface area contributed by atoms with Crippen LogP contribution in [-0.4, -0.2) is 61.6 Å². The average Bonchev–Trinajstić information content (AvgIpc) is 3.31. The van der Waals surface area contributed by atoms with Crippen LogP contribution in [0.15, 0.2) is 23.1 Å². The number of benzene rings is 1. The van der Waals surface area contributed by atoms with Gasteiger partial charge in [-0.1, -0.05) is 0 Å². The minimum atomic E-state index is -3.90. The van der Waals surface area contributed by atoms with E-state index in [9.17, 15) is 22.3 Å². The van der Waals surface area contributed by atoms with E-state index in [0.29, 0.717) is 31.6 Å². The number of sulfonamides is 1. The summed E-state index contributed by atoms with van der Waals surface area (Å²) in [6.07, 6.45) is 1.76. The van der Waals surface area contributed by atoms with Gasteiger partial charge >= 0.3 is 0 Å². The third kappa shape index (κ3) is 3.88. The third-order valence-corrected chi connectivity index (χ3v) is 6.29. The van der Waals surface area contributed by atoms with Crippen LogP contribution >= 0.6 is 0 Å². The molecule has 0 spiro atoms. The number of halogens is 2. The van der Waals surface area contributed by atoms with Crippen molar-refractivity contribution in [1.29, 1.82) is 0 Å². The highest BCUT2D eigenvalue weighted by Crippen LogP contribution is 2.33. The molecule has 2 aliphatic rings. The lowest BCUT2D eigenvalue weighted by atomic mass is 10.2. The Labute approximate surface area is 134 Å². The average molecular weight is 346 g/mol. The van der Waals surface area contributed by atoms with Gasteiger partial charge in [-0.25, -0.2) is 17.2 Å². The van der Waals surface area contributed by atoms with Gasteiger partial charge in [0.15, 0.2) is 0 Å². The van der Waals surface area contributed by atoms with Crippen LogP contribution < -0.4 is 0 Å². The number of β-amino-alcohol motifs (C(OH)–C–C–N with tert-alkyl or cyclic N) is 1. The van der Waals surface area contributed by atoms with Crippen molar-refractivity contribution in [2.75, 3.05) is 32.7 Å². The molecule has 0 aromatic heterocycles. The van der Waals surface area contributed by atoms with E-state index in [1.54, 1.807) is 0 Å². The first-order chi connectivity index (χ1) is 10.9. The van der Waals surface area contributed by atoms with Gasteiger partial charge in [0, 0.05) is 38.8 Å². The van der Waals surface area contributed by atoms with E-state index in [2.05, 4.69) is 0 Å². The SMILES string of the molecule is O=S(=O)(c1cc(F)cc(F)c1)N1CCN(C[C@H](O)C2CC2)CC1. The van der Waals surface area contributed by atoms with Crippen molar-refractivity contribution in [1.82, 2.24) is 9.21 Å². The molecular formula is C15H20F2N2O3S. The minimum Gasteiger partial charge on any atom is -0.392 e. The van der Waals surface area contributed by atoms with Crippen molar-refractivity contribution < 1.29 is 22.3 Å². The lowest BCUT2D eigenvalue weighted by Gasteiger charge is -2.35. The molecule has 0 unspecified atom stereocenters.